The van der Waals surface area contributed by atoms with Crippen LogP contribution in [-0.2, 0) is 0 Å². The molecule has 0 aromatic carbocycles. The molecule has 6 N–H and O–H groups in total. The monoisotopic (exact) mass is 379 g/mol. The predicted molar refractivity (Wildman–Crippen MR) is 109 cm³/mol. The minimum atomic E-state index is -0.676. The molecule has 1 amide bonds. The van der Waals surface area contributed by atoms with E-state index < -0.39 is 5.91 Å². The Labute approximate surface area is 164 Å². The van der Waals surface area contributed by atoms with Gasteiger partial charge in [-0.2, -0.15) is 0 Å². The molecule has 2 aromatic heterocycles. The van der Waals surface area contributed by atoms with Crippen molar-refractivity contribution in [3.05, 3.63) is 35.2 Å². The van der Waals surface area contributed by atoms with Gasteiger partial charge in [0.2, 0.25) is 0 Å². The third kappa shape index (κ3) is 4.75. The highest BCUT2D eigenvalue weighted by molar-refractivity contribution is 5.97. The van der Waals surface area contributed by atoms with Crippen LogP contribution >= 0.6 is 0 Å². The predicted octanol–water partition coefficient (Wildman–Crippen LogP) is 2.22. The molecule has 0 unspecified atom stereocenters. The van der Waals surface area contributed by atoms with Gasteiger partial charge in [-0.05, 0) is 38.3 Å². The number of anilines is 3. The summed E-state index contributed by atoms with van der Waals surface area (Å²) in [6, 6.07) is 8.44. The van der Waals surface area contributed by atoms with Gasteiger partial charge in [-0.1, -0.05) is 24.8 Å². The van der Waals surface area contributed by atoms with E-state index >= 15 is 0 Å². The van der Waals surface area contributed by atoms with Crippen LogP contribution in [0.1, 0.15) is 47.4 Å². The van der Waals surface area contributed by atoms with Gasteiger partial charge in [-0.3, -0.25) is 10.1 Å². The number of rotatable bonds is 4. The zero-order valence-electron chi connectivity index (χ0n) is 16.1. The molecule has 2 heterocycles. The van der Waals surface area contributed by atoms with E-state index in [1.54, 1.807) is 6.07 Å². The number of nitrogens with zero attached hydrogens (tertiary/aromatic N) is 3. The highest BCUT2D eigenvalue weighted by Crippen LogP contribution is 2.23. The molecule has 0 saturated heterocycles. The molecule has 0 aliphatic heterocycles. The van der Waals surface area contributed by atoms with E-state index in [0.29, 0.717) is 17.3 Å². The van der Waals surface area contributed by atoms with E-state index in [2.05, 4.69) is 37.8 Å². The van der Waals surface area contributed by atoms with Gasteiger partial charge in [0.05, 0.1) is 5.69 Å². The maximum atomic E-state index is 11.7. The number of aromatic nitrogens is 3. The molecule has 0 bridgehead atoms. The van der Waals surface area contributed by atoms with Crippen LogP contribution in [0.4, 0.5) is 17.3 Å². The second-order valence-electron chi connectivity index (χ2n) is 7.03. The van der Waals surface area contributed by atoms with Crippen LogP contribution in [-0.4, -0.2) is 27.1 Å². The Kier molecular flexibility index (Phi) is 6.06. The summed E-state index contributed by atoms with van der Waals surface area (Å²) >= 11 is 0. The standard InChI is InChI=1S/C20H25N7O/c1-12-7-8-17(24-13(12)2)25-16-11-18(26-27-19(16)20(22)28)23-10-9-14-5-3-4-6-15(14)21/h7-8,11,14-15H,3-6,21H2,1-2H3,(H2,22,28)(H2,23,24,25,26)/t14-,15-/m0/s1. The van der Waals surface area contributed by atoms with E-state index in [1.165, 1.54) is 0 Å². The van der Waals surface area contributed by atoms with E-state index in [0.717, 1.165) is 36.9 Å². The fourth-order valence-corrected chi connectivity index (χ4v) is 3.10. The molecule has 1 fully saturated rings. The highest BCUT2D eigenvalue weighted by atomic mass is 16.1. The van der Waals surface area contributed by atoms with Crippen LogP contribution < -0.4 is 22.1 Å². The summed E-state index contributed by atoms with van der Waals surface area (Å²) in [6.07, 6.45) is 4.32. The maximum absolute atomic E-state index is 11.7. The van der Waals surface area contributed by atoms with E-state index in [9.17, 15) is 4.79 Å². The van der Waals surface area contributed by atoms with Gasteiger partial charge in [0.25, 0.3) is 5.91 Å². The van der Waals surface area contributed by atoms with Crippen LogP contribution in [0, 0.1) is 31.7 Å². The molecule has 1 aliphatic carbocycles. The van der Waals surface area contributed by atoms with Crippen molar-refractivity contribution in [3.63, 3.8) is 0 Å². The Bertz CT molecular complexity index is 932. The molecule has 3 rings (SSSR count). The minimum absolute atomic E-state index is 0.0350. The molecule has 28 heavy (non-hydrogen) atoms. The molecule has 0 radical (unpaired) electrons. The van der Waals surface area contributed by atoms with Crippen molar-refractivity contribution in [2.24, 2.45) is 17.4 Å². The van der Waals surface area contributed by atoms with Gasteiger partial charge in [0, 0.05) is 29.8 Å². The first-order chi connectivity index (χ1) is 13.4. The van der Waals surface area contributed by atoms with Crippen LogP contribution in [0.5, 0.6) is 0 Å². The zero-order valence-corrected chi connectivity index (χ0v) is 16.1. The molecule has 2 atom stereocenters. The van der Waals surface area contributed by atoms with Gasteiger partial charge < -0.3 is 16.8 Å². The molecule has 1 saturated carbocycles. The summed E-state index contributed by atoms with van der Waals surface area (Å²) in [4.78, 5) is 16.2. The number of carbonyl (C=O) groups is 1. The van der Waals surface area contributed by atoms with E-state index in [4.69, 9.17) is 11.5 Å². The normalized spacial score (nSPS) is 18.7. The fourth-order valence-electron chi connectivity index (χ4n) is 3.10. The number of aryl methyl sites for hydroxylation is 2. The molecule has 0 spiro atoms. The first-order valence-electron chi connectivity index (χ1n) is 9.35. The summed E-state index contributed by atoms with van der Waals surface area (Å²) in [5, 5.41) is 13.9. The molecule has 2 aromatic rings. The van der Waals surface area contributed by atoms with Gasteiger partial charge in [0.1, 0.15) is 5.82 Å². The molecular weight excluding hydrogens is 354 g/mol. The van der Waals surface area contributed by atoms with Gasteiger partial charge in [0.15, 0.2) is 11.5 Å². The Morgan fingerprint density at radius 2 is 1.96 bits per heavy atom. The molecule has 8 heteroatoms. The maximum Gasteiger partial charge on any atom is 0.271 e. The van der Waals surface area contributed by atoms with Crippen molar-refractivity contribution in [3.8, 4) is 12.0 Å². The van der Waals surface area contributed by atoms with Crippen LogP contribution in [0.15, 0.2) is 18.2 Å². The van der Waals surface area contributed by atoms with Gasteiger partial charge >= 0.3 is 0 Å². The lowest BCUT2D eigenvalue weighted by atomic mass is 9.86. The zero-order chi connectivity index (χ0) is 20.1. The van der Waals surface area contributed by atoms with E-state index in [-0.39, 0.29) is 17.7 Å². The van der Waals surface area contributed by atoms with Crippen LogP contribution in [0.25, 0.3) is 0 Å². The second kappa shape index (κ2) is 8.67. The summed E-state index contributed by atoms with van der Waals surface area (Å²) in [6.45, 7) is 3.90. The van der Waals surface area contributed by atoms with Gasteiger partial charge in [-0.25, -0.2) is 4.98 Å². The fraction of sp³-hybridized carbons (Fsp3) is 0.400. The van der Waals surface area contributed by atoms with E-state index in [1.807, 2.05) is 26.0 Å². The third-order valence-corrected chi connectivity index (χ3v) is 4.91. The number of amides is 1. The second-order valence-corrected chi connectivity index (χ2v) is 7.03. The Hall–Kier alpha value is -3.18. The average molecular weight is 379 g/mol. The highest BCUT2D eigenvalue weighted by Gasteiger charge is 2.19. The lowest BCUT2D eigenvalue weighted by Gasteiger charge is -2.23. The van der Waals surface area contributed by atoms with Crippen molar-refractivity contribution in [2.75, 3.05) is 10.6 Å². The molecular formula is C20H25N7O. The average Bonchev–Trinajstić information content (AvgIpc) is 2.66. The lowest BCUT2D eigenvalue weighted by molar-refractivity contribution is 0.0995. The molecule has 146 valence electrons. The summed E-state index contributed by atoms with van der Waals surface area (Å²) in [7, 11) is 0. The topological polar surface area (TPSA) is 132 Å². The largest absolute Gasteiger partial charge is 0.364 e. The number of pyridine rings is 1. The number of hydrogen-bond acceptors (Lipinski definition) is 7. The quantitative estimate of drug-likeness (QED) is 0.473. The smallest absolute Gasteiger partial charge is 0.271 e. The van der Waals surface area contributed by atoms with Crippen molar-refractivity contribution in [2.45, 2.75) is 45.6 Å². The number of primary amides is 1. The number of carbonyl (C=O) groups excluding carboxylic acids is 1. The summed E-state index contributed by atoms with van der Waals surface area (Å²) in [5.74, 6) is 3.66. The van der Waals surface area contributed by atoms with Crippen LogP contribution in [0.3, 0.4) is 0 Å². The van der Waals surface area contributed by atoms with Crippen molar-refractivity contribution < 1.29 is 4.79 Å². The number of nitrogens with one attached hydrogen (secondary N) is 2. The summed E-state index contributed by atoms with van der Waals surface area (Å²) < 4.78 is 0. The SMILES string of the molecule is Cc1ccc(Nc2cc(NC#C[C@@H]3CCCC[C@@H]3N)nnc2C(N)=O)nc1C. The molecule has 8 nitrogen and oxygen atoms in total. The molecule has 1 aliphatic rings. The van der Waals surface area contributed by atoms with Crippen molar-refractivity contribution in [1.29, 1.82) is 0 Å². The minimum Gasteiger partial charge on any atom is -0.364 e. The number of hydrogen-bond donors (Lipinski definition) is 4. The van der Waals surface area contributed by atoms with Crippen molar-refractivity contribution in [1.82, 2.24) is 15.2 Å². The Morgan fingerprint density at radius 3 is 2.68 bits per heavy atom. The Balaban J connectivity index is 1.79. The van der Waals surface area contributed by atoms with Crippen LogP contribution in [0.2, 0.25) is 0 Å². The Morgan fingerprint density at radius 1 is 1.18 bits per heavy atom. The first-order valence-corrected chi connectivity index (χ1v) is 9.35. The number of nitrogens with two attached hydrogens (primary N) is 2. The summed E-state index contributed by atoms with van der Waals surface area (Å²) in [5.41, 5.74) is 14.0. The third-order valence-electron chi connectivity index (χ3n) is 4.91. The first kappa shape index (κ1) is 19.6. The van der Waals surface area contributed by atoms with Gasteiger partial charge in [-0.15, -0.1) is 10.2 Å². The lowest BCUT2D eigenvalue weighted by Crippen LogP contribution is -2.32. The van der Waals surface area contributed by atoms with Crippen molar-refractivity contribution >= 4 is 23.2 Å².